The number of hydrogen-bond acceptors (Lipinski definition) is 13. The lowest BCUT2D eigenvalue weighted by Crippen LogP contribution is -2.57. The third kappa shape index (κ3) is 14.5. The van der Waals surface area contributed by atoms with Gasteiger partial charge in [-0.2, -0.15) is 18.4 Å². The first-order valence-electron chi connectivity index (χ1n) is 24.2. The second-order valence-electron chi connectivity index (χ2n) is 19.5. The zero-order valence-electron chi connectivity index (χ0n) is 42.0. The Balaban J connectivity index is 0.822. The quantitative estimate of drug-likeness (QED) is 0.0506. The van der Waals surface area contributed by atoms with Gasteiger partial charge in [0.25, 0.3) is 5.91 Å². The number of β-amino-alcohol motifs (C(OH)–C–C–N with tert-alkyl or cyclic N) is 1. The van der Waals surface area contributed by atoms with Crippen LogP contribution in [0.2, 0.25) is 0 Å². The molecule has 0 spiro atoms. The Hall–Kier alpha value is -5.82. The number of anilines is 2. The molecule has 3 atom stereocenters. The fourth-order valence-electron chi connectivity index (χ4n) is 8.64. The lowest BCUT2D eigenvalue weighted by molar-refractivity contribution is -0.144. The summed E-state index contributed by atoms with van der Waals surface area (Å²) in [6, 6.07) is 17.8. The highest BCUT2D eigenvalue weighted by molar-refractivity contribution is 7.81. The van der Waals surface area contributed by atoms with Gasteiger partial charge >= 0.3 is 6.18 Å². The number of ether oxygens (including phenoxy) is 4. The summed E-state index contributed by atoms with van der Waals surface area (Å²) < 4.78 is 63.8. The van der Waals surface area contributed by atoms with Crippen LogP contribution in [0.15, 0.2) is 72.2 Å². The summed E-state index contributed by atoms with van der Waals surface area (Å²) >= 11 is 7.20. The average molecular weight is 1050 g/mol. The molecule has 3 amide bonds. The Morgan fingerprint density at radius 3 is 2.21 bits per heavy atom. The van der Waals surface area contributed by atoms with E-state index in [0.717, 1.165) is 58.0 Å². The van der Waals surface area contributed by atoms with Gasteiger partial charge in [0.15, 0.2) is 10.9 Å². The summed E-state index contributed by atoms with van der Waals surface area (Å²) in [6.07, 6.45) is -2.40. The van der Waals surface area contributed by atoms with Gasteiger partial charge in [-0.15, -0.1) is 11.3 Å². The number of amides is 3. The van der Waals surface area contributed by atoms with Crippen LogP contribution in [0.4, 0.5) is 24.5 Å². The number of unbranched alkanes of at least 4 members (excludes halogenated alkanes) is 2. The van der Waals surface area contributed by atoms with E-state index >= 15 is 0 Å². The maximum Gasteiger partial charge on any atom is 0.417 e. The SMILES string of the molecule is Cc1ncsc1-c1ccc(CCC(=O)[C@@H]2C[C@@H](O)CN2C(=O)[C@@H](NC(=O)COCCOCCOCCCCCOc2ccc(N3C(=S)N(c4ccc(C#N)c(C(F)(F)F)c4)C(=O)C3(C)C)cc2)C(C)(C)C)cc1. The molecular weight excluding hydrogens is 986 g/mol. The minimum atomic E-state index is -4.80. The van der Waals surface area contributed by atoms with Gasteiger partial charge < -0.3 is 39.2 Å². The standard InChI is InChI=1S/C53H63F3N6O9S2/c1-34-46(73-33-58-34)36-13-10-35(11-14-36)12-21-44(64)43-29-40(63)31-60(43)48(66)47(51(2,3)4)59-45(65)32-70-27-26-69-25-24-68-22-8-7-9-23-71-41-19-17-38(18-20-41)62-50(72)61(49(67)52(62,5)6)39-16-15-37(30-57)42(28-39)53(54,55)56/h10-11,13-20,28,33,40,43,47,63H,7-9,12,21-27,29,31-32H2,1-6H3,(H,59,65)/t40-,43+,47-/m1/s1. The van der Waals surface area contributed by atoms with Crippen LogP contribution < -0.4 is 19.9 Å². The number of rotatable bonds is 24. The number of nitriles is 1. The predicted molar refractivity (Wildman–Crippen MR) is 274 cm³/mol. The minimum absolute atomic E-state index is 0.00295. The summed E-state index contributed by atoms with van der Waals surface area (Å²) in [5.41, 5.74) is 1.69. The first-order valence-corrected chi connectivity index (χ1v) is 25.5. The highest BCUT2D eigenvalue weighted by atomic mass is 32.1. The Morgan fingerprint density at radius 2 is 1.58 bits per heavy atom. The van der Waals surface area contributed by atoms with E-state index in [1.165, 1.54) is 11.0 Å². The zero-order chi connectivity index (χ0) is 53.1. The van der Waals surface area contributed by atoms with Gasteiger partial charge in [-0.05, 0) is 118 Å². The number of thiocarbonyl (C=S) groups is 1. The molecule has 2 N–H and O–H groups in total. The number of nitrogens with one attached hydrogen (secondary N) is 1. The maximum absolute atomic E-state index is 14.0. The van der Waals surface area contributed by atoms with Gasteiger partial charge in [-0.25, -0.2) is 4.98 Å². The lowest BCUT2D eigenvalue weighted by atomic mass is 9.85. The number of halogens is 3. The molecule has 3 aromatic carbocycles. The topological polar surface area (TPSA) is 184 Å². The van der Waals surface area contributed by atoms with Crippen LogP contribution in [0.5, 0.6) is 5.75 Å². The van der Waals surface area contributed by atoms with E-state index in [2.05, 4.69) is 10.3 Å². The number of likely N-dealkylation sites (tertiary alicyclic amines) is 1. The number of Topliss-reactive ketones (excluding diaryl/α,β-unsaturated/α-hetero) is 1. The number of carbonyl (C=O) groups excluding carboxylic acids is 4. The van der Waals surface area contributed by atoms with Crippen LogP contribution in [0.3, 0.4) is 0 Å². The van der Waals surface area contributed by atoms with E-state index < -0.39 is 64.2 Å². The first-order chi connectivity index (χ1) is 34.6. The highest BCUT2D eigenvalue weighted by Crippen LogP contribution is 2.40. The van der Waals surface area contributed by atoms with E-state index in [0.29, 0.717) is 44.3 Å². The molecule has 2 saturated heterocycles. The van der Waals surface area contributed by atoms with E-state index in [9.17, 15) is 42.7 Å². The van der Waals surface area contributed by atoms with Gasteiger partial charge in [0.05, 0.1) is 84.1 Å². The van der Waals surface area contributed by atoms with Crippen LogP contribution in [0.1, 0.15) is 89.1 Å². The third-order valence-electron chi connectivity index (χ3n) is 12.6. The number of alkyl halides is 3. The molecule has 73 heavy (non-hydrogen) atoms. The molecule has 1 aromatic heterocycles. The van der Waals surface area contributed by atoms with E-state index in [1.54, 1.807) is 60.4 Å². The fraction of sp³-hybridized carbons (Fsp3) is 0.491. The number of thiazole rings is 1. The smallest absolute Gasteiger partial charge is 0.417 e. The van der Waals surface area contributed by atoms with Crippen molar-refractivity contribution in [1.82, 2.24) is 15.2 Å². The molecule has 20 heteroatoms. The molecule has 4 aromatic rings. The number of carbonyl (C=O) groups is 4. The van der Waals surface area contributed by atoms with Gasteiger partial charge in [0.1, 0.15) is 23.9 Å². The molecule has 2 fully saturated rings. The largest absolute Gasteiger partial charge is 0.494 e. The Morgan fingerprint density at radius 1 is 0.932 bits per heavy atom. The summed E-state index contributed by atoms with van der Waals surface area (Å²) in [6.45, 7) is 12.5. The molecule has 0 bridgehead atoms. The molecule has 392 valence electrons. The monoisotopic (exact) mass is 1050 g/mol. The normalized spacial score (nSPS) is 17.2. The molecular formula is C53H63F3N6O9S2. The molecule has 2 aliphatic heterocycles. The molecule has 0 unspecified atom stereocenters. The van der Waals surface area contributed by atoms with Crippen molar-refractivity contribution >= 4 is 63.5 Å². The van der Waals surface area contributed by atoms with Gasteiger partial charge in [0, 0.05) is 31.7 Å². The molecule has 6 rings (SSSR count). The second-order valence-corrected chi connectivity index (χ2v) is 20.7. The maximum atomic E-state index is 14.0. The van der Waals surface area contributed by atoms with Crippen LogP contribution in [-0.4, -0.2) is 120 Å². The van der Waals surface area contributed by atoms with E-state index in [4.69, 9.17) is 31.2 Å². The fourth-order valence-corrected chi connectivity index (χ4v) is 9.98. The van der Waals surface area contributed by atoms with Crippen molar-refractivity contribution in [2.45, 2.75) is 110 Å². The number of nitrogens with zero attached hydrogens (tertiary/aromatic N) is 5. The summed E-state index contributed by atoms with van der Waals surface area (Å²) in [5.74, 6) is -0.976. The number of hydrogen-bond donors (Lipinski definition) is 2. The summed E-state index contributed by atoms with van der Waals surface area (Å²) in [5, 5.41) is 22.6. The van der Waals surface area contributed by atoms with Crippen LogP contribution in [0, 0.1) is 23.7 Å². The molecule has 2 aliphatic rings. The molecule has 0 saturated carbocycles. The molecule has 15 nitrogen and oxygen atoms in total. The van der Waals surface area contributed by atoms with Crippen molar-refractivity contribution in [3.8, 4) is 22.3 Å². The average Bonchev–Trinajstić information content (AvgIpc) is 4.01. The van der Waals surface area contributed by atoms with Crippen molar-refractivity contribution in [2.75, 3.05) is 62.6 Å². The van der Waals surface area contributed by atoms with Gasteiger partial charge in [-0.3, -0.25) is 24.1 Å². The van der Waals surface area contributed by atoms with Crippen molar-refractivity contribution in [1.29, 1.82) is 5.26 Å². The minimum Gasteiger partial charge on any atom is -0.494 e. The van der Waals surface area contributed by atoms with Gasteiger partial charge in [-0.1, -0.05) is 45.0 Å². The number of benzene rings is 3. The second kappa shape index (κ2) is 24.9. The number of ketones is 1. The van der Waals surface area contributed by atoms with Crippen molar-refractivity contribution in [3.63, 3.8) is 0 Å². The van der Waals surface area contributed by atoms with Crippen molar-refractivity contribution < 1.29 is 56.4 Å². The molecule has 0 aliphatic carbocycles. The van der Waals surface area contributed by atoms with E-state index in [1.807, 2.05) is 57.5 Å². The number of aliphatic hydroxyl groups is 1. The third-order valence-corrected chi connectivity index (χ3v) is 13.9. The van der Waals surface area contributed by atoms with Crippen molar-refractivity contribution in [2.24, 2.45) is 5.41 Å². The predicted octanol–water partition coefficient (Wildman–Crippen LogP) is 8.22. The van der Waals surface area contributed by atoms with Crippen molar-refractivity contribution in [3.05, 3.63) is 94.6 Å². The number of aromatic nitrogens is 1. The summed E-state index contributed by atoms with van der Waals surface area (Å²) in [4.78, 5) is 63.4. The van der Waals surface area contributed by atoms with Crippen LogP contribution in [0.25, 0.3) is 10.4 Å². The Bertz CT molecular complexity index is 2610. The molecule has 0 radical (unpaired) electrons. The Labute approximate surface area is 433 Å². The summed E-state index contributed by atoms with van der Waals surface area (Å²) in [7, 11) is 0. The first kappa shape index (κ1) is 56.5. The van der Waals surface area contributed by atoms with Gasteiger partial charge in [0.2, 0.25) is 11.8 Å². The number of aryl methyl sites for hydroxylation is 2. The Kier molecular flexibility index (Phi) is 19.3. The zero-order valence-corrected chi connectivity index (χ0v) is 43.6. The number of aliphatic hydroxyl groups excluding tert-OH is 1. The van der Waals surface area contributed by atoms with E-state index in [-0.39, 0.29) is 55.8 Å². The lowest BCUT2D eigenvalue weighted by Gasteiger charge is -2.35. The van der Waals surface area contributed by atoms with Crippen LogP contribution >= 0.6 is 23.6 Å². The highest BCUT2D eigenvalue weighted by Gasteiger charge is 2.51. The molecule has 3 heterocycles. The van der Waals surface area contributed by atoms with Crippen LogP contribution in [-0.2, 0) is 46.0 Å².